The Morgan fingerprint density at radius 3 is 2.20 bits per heavy atom. The van der Waals surface area contributed by atoms with Crippen molar-refractivity contribution in [3.63, 3.8) is 0 Å². The monoisotopic (exact) mass is 521 g/mol. The predicted octanol–water partition coefficient (Wildman–Crippen LogP) is 4.61. The van der Waals surface area contributed by atoms with Crippen LogP contribution in [0.3, 0.4) is 0 Å². The number of carbonyl (C=O) groups is 2. The van der Waals surface area contributed by atoms with E-state index in [1.165, 1.54) is 4.31 Å². The van der Waals surface area contributed by atoms with Crippen LogP contribution in [-0.2, 0) is 26.2 Å². The maximum Gasteiger partial charge on any atom is 0.243 e. The number of rotatable bonds is 13. The van der Waals surface area contributed by atoms with Crippen LogP contribution in [0.15, 0.2) is 54.6 Å². The van der Waals surface area contributed by atoms with Gasteiger partial charge in [0.2, 0.25) is 21.8 Å². The van der Waals surface area contributed by atoms with E-state index in [9.17, 15) is 18.0 Å². The van der Waals surface area contributed by atoms with E-state index in [0.717, 1.165) is 18.2 Å². The topological polar surface area (TPSA) is 86.8 Å². The molecule has 2 rings (SSSR count). The molecule has 0 aliphatic rings. The molecule has 9 heteroatoms. The minimum Gasteiger partial charge on any atom is -0.352 e. The van der Waals surface area contributed by atoms with Gasteiger partial charge < -0.3 is 10.2 Å². The second kappa shape index (κ2) is 13.5. The van der Waals surface area contributed by atoms with Crippen molar-refractivity contribution in [2.75, 3.05) is 17.1 Å². The van der Waals surface area contributed by atoms with Crippen LogP contribution in [-0.4, -0.2) is 50.0 Å². The molecule has 2 atom stereocenters. The van der Waals surface area contributed by atoms with Gasteiger partial charge in [0.1, 0.15) is 6.04 Å². The lowest BCUT2D eigenvalue weighted by molar-refractivity contribution is -0.141. The molecule has 0 fully saturated rings. The van der Waals surface area contributed by atoms with Crippen molar-refractivity contribution in [3.05, 3.63) is 65.2 Å². The summed E-state index contributed by atoms with van der Waals surface area (Å²) in [6.07, 6.45) is 2.77. The Kier molecular flexibility index (Phi) is 11.0. The molecule has 2 aromatic rings. The number of sulfonamides is 1. The fourth-order valence-corrected chi connectivity index (χ4v) is 4.93. The Morgan fingerprint density at radius 1 is 1.00 bits per heavy atom. The normalized spacial score (nSPS) is 13.1. The molecule has 0 saturated carbocycles. The average molecular weight is 522 g/mol. The predicted molar refractivity (Wildman–Crippen MR) is 142 cm³/mol. The van der Waals surface area contributed by atoms with Gasteiger partial charge in [0, 0.05) is 30.6 Å². The highest BCUT2D eigenvalue weighted by atomic mass is 35.5. The van der Waals surface area contributed by atoms with Gasteiger partial charge in [-0.25, -0.2) is 8.42 Å². The molecule has 0 unspecified atom stereocenters. The fraction of sp³-hybridized carbons (Fsp3) is 0.462. The first kappa shape index (κ1) is 28.7. The molecular weight excluding hydrogens is 486 g/mol. The summed E-state index contributed by atoms with van der Waals surface area (Å²) in [5.41, 5.74) is 1.30. The molecule has 192 valence electrons. The lowest BCUT2D eigenvalue weighted by Crippen LogP contribution is -2.50. The van der Waals surface area contributed by atoms with Crippen LogP contribution in [0.2, 0.25) is 5.02 Å². The molecule has 0 radical (unpaired) electrons. The molecule has 2 amide bonds. The van der Waals surface area contributed by atoms with Crippen molar-refractivity contribution in [2.45, 2.75) is 65.1 Å². The van der Waals surface area contributed by atoms with Crippen LogP contribution < -0.4 is 9.62 Å². The maximum atomic E-state index is 13.4. The van der Waals surface area contributed by atoms with Gasteiger partial charge in [0.15, 0.2) is 0 Å². The average Bonchev–Trinajstić information content (AvgIpc) is 2.82. The van der Waals surface area contributed by atoms with Gasteiger partial charge in [0.25, 0.3) is 0 Å². The van der Waals surface area contributed by atoms with Crippen molar-refractivity contribution in [1.82, 2.24) is 10.2 Å². The van der Waals surface area contributed by atoms with E-state index in [2.05, 4.69) is 5.32 Å². The third kappa shape index (κ3) is 8.54. The Balaban J connectivity index is 2.22. The lowest BCUT2D eigenvalue weighted by atomic mass is 10.1. The second-order valence-electron chi connectivity index (χ2n) is 8.63. The maximum absolute atomic E-state index is 13.4. The van der Waals surface area contributed by atoms with E-state index in [1.54, 1.807) is 35.2 Å². The standard InChI is InChI=1S/C26H36ClN3O4S/c1-5-20(3)28-26(32)24(6-2)29(19-21-13-10-11-16-23(21)27)25(31)17-12-18-30(35(4,33)34)22-14-8-7-9-15-22/h7-11,13-16,20,24H,5-6,12,17-19H2,1-4H3,(H,28,32)/t20-,24-/m1/s1. The molecule has 35 heavy (non-hydrogen) atoms. The summed E-state index contributed by atoms with van der Waals surface area (Å²) in [5, 5.41) is 3.50. The van der Waals surface area contributed by atoms with Crippen LogP contribution in [0.4, 0.5) is 5.69 Å². The van der Waals surface area contributed by atoms with Gasteiger partial charge in [-0.3, -0.25) is 13.9 Å². The van der Waals surface area contributed by atoms with Crippen molar-refractivity contribution in [2.24, 2.45) is 0 Å². The van der Waals surface area contributed by atoms with Crippen molar-refractivity contribution >= 4 is 39.1 Å². The number of anilines is 1. The van der Waals surface area contributed by atoms with Gasteiger partial charge in [-0.2, -0.15) is 0 Å². The van der Waals surface area contributed by atoms with Gasteiger partial charge in [-0.05, 0) is 49.9 Å². The lowest BCUT2D eigenvalue weighted by Gasteiger charge is -2.32. The quantitative estimate of drug-likeness (QED) is 0.417. The minimum absolute atomic E-state index is 0.0111. The summed E-state index contributed by atoms with van der Waals surface area (Å²) in [5.74, 6) is -0.429. The molecule has 0 aliphatic carbocycles. The zero-order valence-electron chi connectivity index (χ0n) is 20.9. The first-order valence-corrected chi connectivity index (χ1v) is 14.2. The summed E-state index contributed by atoms with van der Waals surface area (Å²) in [7, 11) is -3.51. The zero-order valence-corrected chi connectivity index (χ0v) is 22.5. The van der Waals surface area contributed by atoms with E-state index < -0.39 is 16.1 Å². The molecular formula is C26H36ClN3O4S. The van der Waals surface area contributed by atoms with Gasteiger partial charge >= 0.3 is 0 Å². The van der Waals surface area contributed by atoms with E-state index in [1.807, 2.05) is 45.0 Å². The van der Waals surface area contributed by atoms with Gasteiger partial charge in [0.05, 0.1) is 11.9 Å². The summed E-state index contributed by atoms with van der Waals surface area (Å²) in [6.45, 7) is 6.13. The molecule has 0 bridgehead atoms. The molecule has 0 heterocycles. The van der Waals surface area contributed by atoms with Crippen LogP contribution in [0, 0.1) is 0 Å². The second-order valence-corrected chi connectivity index (χ2v) is 10.9. The number of nitrogens with zero attached hydrogens (tertiary/aromatic N) is 2. The van der Waals surface area contributed by atoms with E-state index in [0.29, 0.717) is 23.6 Å². The third-order valence-electron chi connectivity index (χ3n) is 5.88. The molecule has 2 aromatic carbocycles. The van der Waals surface area contributed by atoms with Crippen molar-refractivity contribution < 1.29 is 18.0 Å². The largest absolute Gasteiger partial charge is 0.352 e. The molecule has 0 spiro atoms. The van der Waals surface area contributed by atoms with E-state index in [4.69, 9.17) is 11.6 Å². The Morgan fingerprint density at radius 2 is 1.63 bits per heavy atom. The van der Waals surface area contributed by atoms with E-state index >= 15 is 0 Å². The Hall–Kier alpha value is -2.58. The van der Waals surface area contributed by atoms with Crippen LogP contribution in [0.5, 0.6) is 0 Å². The molecule has 7 nitrogen and oxygen atoms in total. The first-order valence-electron chi connectivity index (χ1n) is 11.9. The molecule has 0 aliphatic heterocycles. The fourth-order valence-electron chi connectivity index (χ4n) is 3.77. The number of para-hydroxylation sites is 1. The zero-order chi connectivity index (χ0) is 26.0. The summed E-state index contributed by atoms with van der Waals surface area (Å²) in [6, 6.07) is 15.4. The van der Waals surface area contributed by atoms with Gasteiger partial charge in [-0.15, -0.1) is 0 Å². The number of nitrogens with one attached hydrogen (secondary N) is 1. The SMILES string of the molecule is CC[C@@H](C)NC(=O)[C@@H](CC)N(Cc1ccccc1Cl)C(=O)CCCN(c1ccccc1)S(C)(=O)=O. The molecule has 0 saturated heterocycles. The minimum atomic E-state index is -3.51. The van der Waals surface area contributed by atoms with Crippen molar-refractivity contribution in [1.29, 1.82) is 0 Å². The highest BCUT2D eigenvalue weighted by molar-refractivity contribution is 7.92. The summed E-state index contributed by atoms with van der Waals surface area (Å²) >= 11 is 6.36. The first-order chi connectivity index (χ1) is 16.6. The summed E-state index contributed by atoms with van der Waals surface area (Å²) < 4.78 is 26.0. The van der Waals surface area contributed by atoms with E-state index in [-0.39, 0.29) is 37.4 Å². The smallest absolute Gasteiger partial charge is 0.243 e. The Labute approximate surface area is 214 Å². The third-order valence-corrected chi connectivity index (χ3v) is 7.44. The van der Waals surface area contributed by atoms with Gasteiger partial charge in [-0.1, -0.05) is 61.8 Å². The van der Waals surface area contributed by atoms with Crippen LogP contribution in [0.25, 0.3) is 0 Å². The van der Waals surface area contributed by atoms with Crippen molar-refractivity contribution in [3.8, 4) is 0 Å². The van der Waals surface area contributed by atoms with Crippen LogP contribution in [0.1, 0.15) is 52.0 Å². The number of carbonyl (C=O) groups excluding carboxylic acids is 2. The highest BCUT2D eigenvalue weighted by Gasteiger charge is 2.29. The van der Waals surface area contributed by atoms with Crippen LogP contribution >= 0.6 is 11.6 Å². The Bertz CT molecular complexity index is 1080. The number of benzene rings is 2. The number of halogens is 1. The highest BCUT2D eigenvalue weighted by Crippen LogP contribution is 2.22. The molecule has 0 aromatic heterocycles. The molecule has 1 N–H and O–H groups in total. The number of hydrogen-bond acceptors (Lipinski definition) is 4. The summed E-state index contributed by atoms with van der Waals surface area (Å²) in [4.78, 5) is 28.0. The number of hydrogen-bond donors (Lipinski definition) is 1. The number of amides is 2.